The first kappa shape index (κ1) is 16.6. The Bertz CT molecular complexity index is 953. The minimum atomic E-state index is -0.602. The van der Waals surface area contributed by atoms with Crippen molar-refractivity contribution >= 4 is 27.5 Å². The first-order chi connectivity index (χ1) is 13.3. The lowest BCUT2D eigenvalue weighted by Crippen LogP contribution is -2.49. The number of carbonyl (C=O) groups is 1. The van der Waals surface area contributed by atoms with Gasteiger partial charge in [-0.25, -0.2) is 4.98 Å². The number of thiazole rings is 1. The van der Waals surface area contributed by atoms with Crippen LogP contribution in [-0.4, -0.2) is 35.0 Å². The Labute approximate surface area is 161 Å². The average Bonchev–Trinajstić information content (AvgIpc) is 3.17. The molecular weight excluding hydrogens is 360 g/mol. The van der Waals surface area contributed by atoms with Gasteiger partial charge in [0, 0.05) is 6.54 Å². The number of rotatable bonds is 2. The third kappa shape index (κ3) is 3.04. The van der Waals surface area contributed by atoms with E-state index < -0.39 is 6.10 Å². The molecule has 0 spiro atoms. The van der Waals surface area contributed by atoms with Crippen LogP contribution in [0, 0.1) is 0 Å². The van der Waals surface area contributed by atoms with E-state index in [1.54, 1.807) is 11.3 Å². The maximum absolute atomic E-state index is 13.3. The summed E-state index contributed by atoms with van der Waals surface area (Å²) in [5.41, 5.74) is 1.00. The maximum Gasteiger partial charge on any atom is 0.267 e. The molecule has 1 saturated heterocycles. The second kappa shape index (κ2) is 6.85. The fourth-order valence-electron chi connectivity index (χ4n) is 3.81. The van der Waals surface area contributed by atoms with Crippen LogP contribution in [0.3, 0.4) is 0 Å². The van der Waals surface area contributed by atoms with Gasteiger partial charge in [-0.3, -0.25) is 4.79 Å². The predicted molar refractivity (Wildman–Crippen MR) is 104 cm³/mol. The van der Waals surface area contributed by atoms with E-state index >= 15 is 0 Å². The largest absolute Gasteiger partial charge is 0.485 e. The molecule has 2 aromatic carbocycles. The van der Waals surface area contributed by atoms with Crippen LogP contribution in [0.4, 0.5) is 0 Å². The smallest absolute Gasteiger partial charge is 0.267 e. The van der Waals surface area contributed by atoms with Gasteiger partial charge in [0.15, 0.2) is 11.5 Å². The van der Waals surface area contributed by atoms with E-state index in [0.29, 0.717) is 11.5 Å². The number of ether oxygens (including phenoxy) is 2. The molecule has 2 atom stereocenters. The number of benzene rings is 2. The van der Waals surface area contributed by atoms with Crippen LogP contribution in [0.5, 0.6) is 11.5 Å². The Kier molecular flexibility index (Phi) is 4.20. The van der Waals surface area contributed by atoms with Gasteiger partial charge in [-0.2, -0.15) is 0 Å². The fraction of sp³-hybridized carbons (Fsp3) is 0.333. The molecule has 0 aliphatic carbocycles. The van der Waals surface area contributed by atoms with Crippen molar-refractivity contribution < 1.29 is 14.3 Å². The summed E-state index contributed by atoms with van der Waals surface area (Å²) >= 11 is 1.68. The molecule has 6 heteroatoms. The molecule has 2 aliphatic rings. The highest BCUT2D eigenvalue weighted by molar-refractivity contribution is 7.18. The summed E-state index contributed by atoms with van der Waals surface area (Å²) in [5, 5.41) is 1.02. The summed E-state index contributed by atoms with van der Waals surface area (Å²) in [4.78, 5) is 20.0. The van der Waals surface area contributed by atoms with Gasteiger partial charge in [0.2, 0.25) is 6.10 Å². The van der Waals surface area contributed by atoms with E-state index in [1.165, 1.54) is 0 Å². The fourth-order valence-corrected chi connectivity index (χ4v) is 4.93. The van der Waals surface area contributed by atoms with Gasteiger partial charge in [0.1, 0.15) is 11.6 Å². The van der Waals surface area contributed by atoms with Crippen LogP contribution in [0.25, 0.3) is 10.2 Å². The number of aromatic nitrogens is 1. The lowest BCUT2D eigenvalue weighted by molar-refractivity contribution is -0.145. The number of piperidine rings is 1. The standard InChI is InChI=1S/C21H20N2O3S/c24-21(18-13-25-16-9-2-3-10-17(16)26-18)23-12-6-5-8-15(23)20-22-14-7-1-4-11-19(14)27-20/h1-4,7,9-11,15,18H,5-6,8,12-13H2/t15-,18-/m1/s1. The van der Waals surface area contributed by atoms with E-state index in [-0.39, 0.29) is 18.6 Å². The van der Waals surface area contributed by atoms with Gasteiger partial charge in [0.25, 0.3) is 5.91 Å². The van der Waals surface area contributed by atoms with E-state index in [1.807, 2.05) is 47.4 Å². The summed E-state index contributed by atoms with van der Waals surface area (Å²) in [5.74, 6) is 1.33. The zero-order chi connectivity index (χ0) is 18.2. The first-order valence-electron chi connectivity index (χ1n) is 9.34. The van der Waals surface area contributed by atoms with Crippen molar-refractivity contribution in [1.82, 2.24) is 9.88 Å². The van der Waals surface area contributed by atoms with Crippen molar-refractivity contribution in [3.8, 4) is 11.5 Å². The Morgan fingerprint density at radius 3 is 2.78 bits per heavy atom. The van der Waals surface area contributed by atoms with Gasteiger partial charge in [-0.15, -0.1) is 11.3 Å². The quantitative estimate of drug-likeness (QED) is 0.669. The van der Waals surface area contributed by atoms with Gasteiger partial charge >= 0.3 is 0 Å². The topological polar surface area (TPSA) is 51.7 Å². The number of hydrogen-bond donors (Lipinski definition) is 0. The number of fused-ring (bicyclic) bond motifs is 2. The molecule has 138 valence electrons. The molecule has 0 bridgehead atoms. The van der Waals surface area contributed by atoms with Crippen molar-refractivity contribution in [2.24, 2.45) is 0 Å². The molecule has 27 heavy (non-hydrogen) atoms. The SMILES string of the molecule is O=C([C@H]1COc2ccccc2O1)N1CCCC[C@@H]1c1nc2ccccc2s1. The average molecular weight is 380 g/mol. The molecule has 2 aliphatic heterocycles. The van der Waals surface area contributed by atoms with Crippen LogP contribution in [0.2, 0.25) is 0 Å². The lowest BCUT2D eigenvalue weighted by atomic mass is 10.0. The molecule has 1 amide bonds. The Morgan fingerprint density at radius 2 is 1.89 bits per heavy atom. The van der Waals surface area contributed by atoms with E-state index in [0.717, 1.165) is 41.0 Å². The summed E-state index contributed by atoms with van der Waals surface area (Å²) in [7, 11) is 0. The molecule has 3 aromatic rings. The molecule has 0 unspecified atom stereocenters. The highest BCUT2D eigenvalue weighted by Crippen LogP contribution is 2.37. The zero-order valence-electron chi connectivity index (χ0n) is 14.8. The van der Waals surface area contributed by atoms with Crippen LogP contribution in [-0.2, 0) is 4.79 Å². The first-order valence-corrected chi connectivity index (χ1v) is 10.2. The number of amides is 1. The van der Waals surface area contributed by atoms with Crippen molar-refractivity contribution in [3.63, 3.8) is 0 Å². The monoisotopic (exact) mass is 380 g/mol. The minimum Gasteiger partial charge on any atom is -0.485 e. The summed E-state index contributed by atoms with van der Waals surface area (Å²) in [6.07, 6.45) is 2.46. The van der Waals surface area contributed by atoms with Crippen molar-refractivity contribution in [1.29, 1.82) is 0 Å². The Hall–Kier alpha value is -2.60. The van der Waals surface area contributed by atoms with Crippen molar-refractivity contribution in [2.75, 3.05) is 13.2 Å². The summed E-state index contributed by atoms with van der Waals surface area (Å²) in [6, 6.07) is 15.7. The number of nitrogens with zero attached hydrogens (tertiary/aromatic N) is 2. The third-order valence-electron chi connectivity index (χ3n) is 5.17. The lowest BCUT2D eigenvalue weighted by Gasteiger charge is -2.37. The molecule has 5 rings (SSSR count). The van der Waals surface area contributed by atoms with Crippen LogP contribution < -0.4 is 9.47 Å². The summed E-state index contributed by atoms with van der Waals surface area (Å²) < 4.78 is 12.9. The number of carbonyl (C=O) groups excluding carboxylic acids is 1. The minimum absolute atomic E-state index is 0.00606. The van der Waals surface area contributed by atoms with Crippen molar-refractivity contribution in [3.05, 3.63) is 53.5 Å². The molecular formula is C21H20N2O3S. The molecule has 0 radical (unpaired) electrons. The predicted octanol–water partition coefficient (Wildman–Crippen LogP) is 4.19. The van der Waals surface area contributed by atoms with Gasteiger partial charge in [0.05, 0.1) is 16.3 Å². The molecule has 0 saturated carbocycles. The molecule has 5 nitrogen and oxygen atoms in total. The van der Waals surface area contributed by atoms with E-state index in [2.05, 4.69) is 6.07 Å². The maximum atomic E-state index is 13.3. The van der Waals surface area contributed by atoms with Crippen molar-refractivity contribution in [2.45, 2.75) is 31.4 Å². The van der Waals surface area contributed by atoms with E-state index in [9.17, 15) is 4.79 Å². The highest BCUT2D eigenvalue weighted by atomic mass is 32.1. The number of para-hydroxylation sites is 3. The normalized spacial score (nSPS) is 22.0. The van der Waals surface area contributed by atoms with Gasteiger partial charge < -0.3 is 14.4 Å². The Morgan fingerprint density at radius 1 is 1.07 bits per heavy atom. The molecule has 1 aromatic heterocycles. The van der Waals surface area contributed by atoms with Gasteiger partial charge in [-0.1, -0.05) is 24.3 Å². The zero-order valence-corrected chi connectivity index (χ0v) is 15.7. The van der Waals surface area contributed by atoms with Gasteiger partial charge in [-0.05, 0) is 43.5 Å². The molecule has 1 fully saturated rings. The third-order valence-corrected chi connectivity index (χ3v) is 6.30. The summed E-state index contributed by atoms with van der Waals surface area (Å²) in [6.45, 7) is 0.986. The second-order valence-corrected chi connectivity index (χ2v) is 7.99. The highest BCUT2D eigenvalue weighted by Gasteiger charge is 2.37. The molecule has 0 N–H and O–H groups in total. The van der Waals surface area contributed by atoms with Crippen LogP contribution in [0.15, 0.2) is 48.5 Å². The van der Waals surface area contributed by atoms with Crippen LogP contribution in [0.1, 0.15) is 30.3 Å². The number of hydrogen-bond acceptors (Lipinski definition) is 5. The number of likely N-dealkylation sites (tertiary alicyclic amines) is 1. The molecule has 3 heterocycles. The van der Waals surface area contributed by atoms with Crippen LogP contribution >= 0.6 is 11.3 Å². The second-order valence-electron chi connectivity index (χ2n) is 6.93. The van der Waals surface area contributed by atoms with E-state index in [4.69, 9.17) is 14.5 Å². The Balaban J connectivity index is 1.41.